The summed E-state index contributed by atoms with van der Waals surface area (Å²) in [7, 11) is 1.38. The van der Waals surface area contributed by atoms with Gasteiger partial charge in [-0.25, -0.2) is 4.79 Å². The number of hydrogen-bond donors (Lipinski definition) is 2. The van der Waals surface area contributed by atoms with E-state index >= 15 is 0 Å². The van der Waals surface area contributed by atoms with Gasteiger partial charge >= 0.3 is 11.9 Å². The predicted molar refractivity (Wildman–Crippen MR) is 93.4 cm³/mol. The average Bonchev–Trinajstić information content (AvgIpc) is 3.36. The van der Waals surface area contributed by atoms with E-state index in [1.165, 1.54) is 20.0 Å². The SMILES string of the molecule is COC(=O)c1ccc(CNC2CC(N(CC(=O)O)CC3CC3)C2)cc1. The summed E-state index contributed by atoms with van der Waals surface area (Å²) in [5, 5.41) is 12.6. The van der Waals surface area contributed by atoms with Gasteiger partial charge in [0.15, 0.2) is 0 Å². The first-order valence-corrected chi connectivity index (χ1v) is 8.91. The molecule has 0 bridgehead atoms. The number of nitrogens with zero attached hydrogens (tertiary/aromatic N) is 1. The van der Waals surface area contributed by atoms with Gasteiger partial charge in [0.2, 0.25) is 0 Å². The van der Waals surface area contributed by atoms with Gasteiger partial charge in [0.25, 0.3) is 0 Å². The van der Waals surface area contributed by atoms with Crippen molar-refractivity contribution < 1.29 is 19.4 Å². The quantitative estimate of drug-likeness (QED) is 0.665. The van der Waals surface area contributed by atoms with Crippen LogP contribution in [0, 0.1) is 5.92 Å². The third-order valence-corrected chi connectivity index (χ3v) is 5.13. The third kappa shape index (κ3) is 5.03. The van der Waals surface area contributed by atoms with Crippen molar-refractivity contribution in [2.24, 2.45) is 5.92 Å². The highest BCUT2D eigenvalue weighted by Crippen LogP contribution is 2.33. The number of rotatable bonds is 9. The summed E-state index contributed by atoms with van der Waals surface area (Å²) >= 11 is 0. The lowest BCUT2D eigenvalue weighted by atomic mass is 9.85. The zero-order valence-electron chi connectivity index (χ0n) is 14.6. The van der Waals surface area contributed by atoms with E-state index in [1.807, 2.05) is 12.1 Å². The molecular formula is C19H26N2O4. The van der Waals surface area contributed by atoms with E-state index < -0.39 is 5.97 Å². The van der Waals surface area contributed by atoms with Crippen molar-refractivity contribution in [3.63, 3.8) is 0 Å². The van der Waals surface area contributed by atoms with Crippen LogP contribution in [-0.2, 0) is 16.1 Å². The van der Waals surface area contributed by atoms with Crippen LogP contribution in [-0.4, -0.2) is 54.2 Å². The van der Waals surface area contributed by atoms with E-state index in [0.29, 0.717) is 23.6 Å². The molecular weight excluding hydrogens is 320 g/mol. The molecule has 2 aliphatic carbocycles. The Morgan fingerprint density at radius 1 is 1.24 bits per heavy atom. The number of methoxy groups -OCH3 is 1. The second kappa shape index (κ2) is 7.97. The first-order chi connectivity index (χ1) is 12.0. The maximum absolute atomic E-state index is 11.4. The summed E-state index contributed by atoms with van der Waals surface area (Å²) in [5.41, 5.74) is 1.68. The molecule has 0 amide bonds. The minimum absolute atomic E-state index is 0.156. The first kappa shape index (κ1) is 17.9. The van der Waals surface area contributed by atoms with Gasteiger partial charge in [-0.05, 0) is 49.3 Å². The lowest BCUT2D eigenvalue weighted by Crippen LogP contribution is -2.54. The van der Waals surface area contributed by atoms with Crippen LogP contribution in [0.15, 0.2) is 24.3 Å². The number of carbonyl (C=O) groups is 2. The molecule has 25 heavy (non-hydrogen) atoms. The number of esters is 1. The molecule has 0 unspecified atom stereocenters. The summed E-state index contributed by atoms with van der Waals surface area (Å²) in [6.07, 6.45) is 4.48. The van der Waals surface area contributed by atoms with Gasteiger partial charge in [-0.2, -0.15) is 0 Å². The van der Waals surface area contributed by atoms with Gasteiger partial charge < -0.3 is 15.2 Å². The molecule has 0 spiro atoms. The molecule has 6 heteroatoms. The summed E-state index contributed by atoms with van der Waals surface area (Å²) in [5.74, 6) is -0.349. The van der Waals surface area contributed by atoms with Crippen molar-refractivity contribution in [1.82, 2.24) is 10.2 Å². The van der Waals surface area contributed by atoms with E-state index in [9.17, 15) is 9.59 Å². The Labute approximate surface area is 148 Å². The van der Waals surface area contributed by atoms with Crippen LogP contribution >= 0.6 is 0 Å². The van der Waals surface area contributed by atoms with E-state index in [4.69, 9.17) is 9.84 Å². The lowest BCUT2D eigenvalue weighted by molar-refractivity contribution is -0.139. The Morgan fingerprint density at radius 2 is 1.92 bits per heavy atom. The van der Waals surface area contributed by atoms with Crippen LogP contribution in [0.1, 0.15) is 41.6 Å². The van der Waals surface area contributed by atoms with Crippen molar-refractivity contribution in [1.29, 1.82) is 0 Å². The van der Waals surface area contributed by atoms with Gasteiger partial charge in [0, 0.05) is 25.2 Å². The fraction of sp³-hybridized carbons (Fsp3) is 0.579. The topological polar surface area (TPSA) is 78.9 Å². The van der Waals surface area contributed by atoms with Crippen molar-refractivity contribution in [3.8, 4) is 0 Å². The highest BCUT2D eigenvalue weighted by Gasteiger charge is 2.36. The van der Waals surface area contributed by atoms with Crippen molar-refractivity contribution in [2.45, 2.75) is 44.3 Å². The molecule has 0 saturated heterocycles. The number of carboxylic acids is 1. The van der Waals surface area contributed by atoms with Crippen molar-refractivity contribution in [3.05, 3.63) is 35.4 Å². The molecule has 3 rings (SSSR count). The number of nitrogens with one attached hydrogen (secondary N) is 1. The molecule has 0 heterocycles. The number of ether oxygens (including phenoxy) is 1. The second-order valence-corrected chi connectivity index (χ2v) is 7.16. The molecule has 0 aliphatic heterocycles. The number of hydrogen-bond acceptors (Lipinski definition) is 5. The van der Waals surface area contributed by atoms with E-state index in [-0.39, 0.29) is 12.5 Å². The molecule has 2 saturated carbocycles. The van der Waals surface area contributed by atoms with Crippen LogP contribution in [0.25, 0.3) is 0 Å². The fourth-order valence-electron chi connectivity index (χ4n) is 3.34. The van der Waals surface area contributed by atoms with Crippen LogP contribution in [0.3, 0.4) is 0 Å². The average molecular weight is 346 g/mol. The molecule has 2 fully saturated rings. The molecule has 2 N–H and O–H groups in total. The van der Waals surface area contributed by atoms with Gasteiger partial charge in [-0.15, -0.1) is 0 Å². The van der Waals surface area contributed by atoms with Crippen LogP contribution in [0.2, 0.25) is 0 Å². The molecule has 0 radical (unpaired) electrons. The fourth-order valence-corrected chi connectivity index (χ4v) is 3.34. The van der Waals surface area contributed by atoms with Crippen LogP contribution < -0.4 is 5.32 Å². The zero-order valence-corrected chi connectivity index (χ0v) is 14.6. The van der Waals surface area contributed by atoms with Crippen LogP contribution in [0.4, 0.5) is 0 Å². The summed E-state index contributed by atoms with van der Waals surface area (Å²) in [6.45, 7) is 1.84. The van der Waals surface area contributed by atoms with Crippen molar-refractivity contribution in [2.75, 3.05) is 20.2 Å². The molecule has 1 aromatic rings. The predicted octanol–water partition coefficient (Wildman–Crippen LogP) is 1.89. The minimum atomic E-state index is -0.734. The van der Waals surface area contributed by atoms with Gasteiger partial charge in [-0.1, -0.05) is 12.1 Å². The zero-order chi connectivity index (χ0) is 17.8. The molecule has 6 nitrogen and oxygen atoms in total. The number of carbonyl (C=O) groups excluding carboxylic acids is 1. The highest BCUT2D eigenvalue weighted by atomic mass is 16.5. The Hall–Kier alpha value is -1.92. The normalized spacial score (nSPS) is 22.5. The number of benzene rings is 1. The van der Waals surface area contributed by atoms with Gasteiger partial charge in [0.1, 0.15) is 0 Å². The maximum Gasteiger partial charge on any atom is 0.337 e. The number of aliphatic carboxylic acids is 1. The smallest absolute Gasteiger partial charge is 0.337 e. The molecule has 1 aromatic carbocycles. The standard InChI is InChI=1S/C19H26N2O4/c1-25-19(24)15-6-4-13(5-7-15)10-20-16-8-17(9-16)21(12-18(22)23)11-14-2-3-14/h4-7,14,16-17,20H,2-3,8-12H2,1H3,(H,22,23). The minimum Gasteiger partial charge on any atom is -0.480 e. The van der Waals surface area contributed by atoms with E-state index in [0.717, 1.165) is 31.5 Å². The molecule has 0 atom stereocenters. The Morgan fingerprint density at radius 3 is 2.48 bits per heavy atom. The van der Waals surface area contributed by atoms with Gasteiger partial charge in [-0.3, -0.25) is 9.69 Å². The number of carboxylic acid groups (broad SMARTS) is 1. The Bertz CT molecular complexity index is 606. The summed E-state index contributed by atoms with van der Waals surface area (Å²) in [4.78, 5) is 24.6. The summed E-state index contributed by atoms with van der Waals surface area (Å²) in [6, 6.07) is 8.22. The molecule has 2 aliphatic rings. The third-order valence-electron chi connectivity index (χ3n) is 5.13. The lowest BCUT2D eigenvalue weighted by Gasteiger charge is -2.43. The van der Waals surface area contributed by atoms with Gasteiger partial charge in [0.05, 0.1) is 19.2 Å². The Kier molecular flexibility index (Phi) is 5.71. The maximum atomic E-state index is 11.4. The first-order valence-electron chi connectivity index (χ1n) is 8.91. The molecule has 0 aromatic heterocycles. The summed E-state index contributed by atoms with van der Waals surface area (Å²) < 4.78 is 4.69. The monoisotopic (exact) mass is 346 g/mol. The Balaban J connectivity index is 1.41. The van der Waals surface area contributed by atoms with Crippen LogP contribution in [0.5, 0.6) is 0 Å². The van der Waals surface area contributed by atoms with E-state index in [1.54, 1.807) is 12.1 Å². The molecule has 136 valence electrons. The van der Waals surface area contributed by atoms with E-state index in [2.05, 4.69) is 10.2 Å². The largest absolute Gasteiger partial charge is 0.480 e. The van der Waals surface area contributed by atoms with Crippen molar-refractivity contribution >= 4 is 11.9 Å². The highest BCUT2D eigenvalue weighted by molar-refractivity contribution is 5.89. The second-order valence-electron chi connectivity index (χ2n) is 7.16.